The lowest BCUT2D eigenvalue weighted by molar-refractivity contribution is -0.141. The molecule has 2 aromatic rings. The molecule has 0 radical (unpaired) electrons. The van der Waals surface area contributed by atoms with E-state index in [4.69, 9.17) is 5.11 Å². The van der Waals surface area contributed by atoms with E-state index in [-0.39, 0.29) is 44.2 Å². The average Bonchev–Trinajstić information content (AvgIpc) is 3.26. The number of aryl methyl sites for hydroxylation is 1. The molecule has 10 nitrogen and oxygen atoms in total. The molecule has 0 spiro atoms. The number of carboxylic acid groups (broad SMARTS) is 1. The number of amides is 2. The minimum absolute atomic E-state index is 0.0577. The van der Waals surface area contributed by atoms with Crippen molar-refractivity contribution in [2.45, 2.75) is 25.7 Å². The summed E-state index contributed by atoms with van der Waals surface area (Å²) in [5.41, 5.74) is -1.21. The van der Waals surface area contributed by atoms with Gasteiger partial charge in [-0.1, -0.05) is 0 Å². The van der Waals surface area contributed by atoms with Crippen molar-refractivity contribution in [2.24, 2.45) is 0 Å². The molecule has 0 aliphatic heterocycles. The van der Waals surface area contributed by atoms with Crippen molar-refractivity contribution in [2.75, 3.05) is 13.1 Å². The Morgan fingerprint density at radius 3 is 2.21 bits per heavy atom. The number of hydrogen-bond acceptors (Lipinski definition) is 5. The van der Waals surface area contributed by atoms with Gasteiger partial charge in [-0.05, 0) is 12.1 Å². The highest BCUT2D eigenvalue weighted by Gasteiger charge is 2.33. The quantitative estimate of drug-likeness (QED) is 0.511. The van der Waals surface area contributed by atoms with Crippen LogP contribution in [0.15, 0.2) is 24.5 Å². The molecule has 0 aliphatic rings. The van der Waals surface area contributed by atoms with Crippen molar-refractivity contribution in [3.8, 4) is 0 Å². The third-order valence-corrected chi connectivity index (χ3v) is 3.43. The molecule has 2 rings (SSSR count). The van der Waals surface area contributed by atoms with E-state index < -0.39 is 23.7 Å². The molecular weight excluding hydrogens is 385 g/mol. The molecule has 0 bridgehead atoms. The molecule has 0 unspecified atom stereocenters. The zero-order chi connectivity index (χ0) is 20.7. The minimum atomic E-state index is -4.57. The van der Waals surface area contributed by atoms with Gasteiger partial charge >= 0.3 is 12.1 Å². The molecule has 0 fully saturated rings. The van der Waals surface area contributed by atoms with E-state index >= 15 is 0 Å². The van der Waals surface area contributed by atoms with Crippen molar-refractivity contribution in [1.82, 2.24) is 30.2 Å². The van der Waals surface area contributed by atoms with Crippen LogP contribution >= 0.6 is 0 Å². The summed E-state index contributed by atoms with van der Waals surface area (Å²) in [6.07, 6.45) is -2.02. The fraction of sp³-hybridized carbons (Fsp3) is 0.400. The van der Waals surface area contributed by atoms with E-state index in [9.17, 15) is 27.6 Å². The molecule has 13 heteroatoms. The van der Waals surface area contributed by atoms with Crippen LogP contribution < -0.4 is 10.6 Å². The van der Waals surface area contributed by atoms with Crippen LogP contribution in [0.2, 0.25) is 0 Å². The predicted octanol–water partition coefficient (Wildman–Crippen LogP) is 0.119. The maximum absolute atomic E-state index is 12.4. The van der Waals surface area contributed by atoms with Crippen LogP contribution in [0.5, 0.6) is 0 Å². The van der Waals surface area contributed by atoms with Gasteiger partial charge < -0.3 is 15.7 Å². The molecule has 0 aromatic carbocycles. The fourth-order valence-electron chi connectivity index (χ4n) is 2.11. The highest BCUT2D eigenvalue weighted by Crippen LogP contribution is 2.27. The Labute approximate surface area is 156 Å². The van der Waals surface area contributed by atoms with Gasteiger partial charge in [0, 0.05) is 38.4 Å². The lowest BCUT2D eigenvalue weighted by Crippen LogP contribution is -2.36. The summed E-state index contributed by atoms with van der Waals surface area (Å²) in [6.45, 7) is 0.0153. The van der Waals surface area contributed by atoms with Gasteiger partial charge in [-0.15, -0.1) is 0 Å². The molecular formula is C15H17F3N6O4. The van der Waals surface area contributed by atoms with E-state index in [2.05, 4.69) is 20.8 Å². The van der Waals surface area contributed by atoms with Gasteiger partial charge in [0.15, 0.2) is 11.4 Å². The van der Waals surface area contributed by atoms with E-state index in [1.165, 1.54) is 16.9 Å². The Morgan fingerprint density at radius 2 is 1.64 bits per heavy atom. The molecule has 0 saturated heterocycles. The summed E-state index contributed by atoms with van der Waals surface area (Å²) in [4.78, 5) is 34.0. The summed E-state index contributed by atoms with van der Waals surface area (Å²) in [6, 6.07) is 2.08. The van der Waals surface area contributed by atoms with Crippen LogP contribution in [0, 0.1) is 0 Å². The van der Waals surface area contributed by atoms with Crippen LogP contribution in [-0.4, -0.2) is 55.5 Å². The summed E-state index contributed by atoms with van der Waals surface area (Å²) in [5, 5.41) is 20.8. The summed E-state index contributed by atoms with van der Waals surface area (Å²) in [5.74, 6) is -2.05. The number of nitrogens with zero attached hydrogens (tertiary/aromatic N) is 4. The van der Waals surface area contributed by atoms with Crippen LogP contribution in [0.1, 0.15) is 22.6 Å². The Morgan fingerprint density at radius 1 is 1.00 bits per heavy atom. The fourth-order valence-corrected chi connectivity index (χ4v) is 2.11. The Bertz CT molecular complexity index is 845. The van der Waals surface area contributed by atoms with E-state index in [0.29, 0.717) is 0 Å². The summed E-state index contributed by atoms with van der Waals surface area (Å²) < 4.78 is 39.5. The average molecular weight is 402 g/mol. The van der Waals surface area contributed by atoms with Gasteiger partial charge in [0.2, 0.25) is 11.8 Å². The predicted molar refractivity (Wildman–Crippen MR) is 87.1 cm³/mol. The first-order valence-corrected chi connectivity index (χ1v) is 8.06. The van der Waals surface area contributed by atoms with Gasteiger partial charge in [0.05, 0.1) is 0 Å². The van der Waals surface area contributed by atoms with Crippen molar-refractivity contribution in [3.05, 3.63) is 35.9 Å². The second kappa shape index (κ2) is 9.01. The summed E-state index contributed by atoms with van der Waals surface area (Å²) in [7, 11) is 0. The standard InChI is InChI=1S/C15H17F3N6O4/c16-15(17,18)11-2-7-24(22-11)9-13(26)20-5-4-19-12(25)3-8-23-6-1-10(21-23)14(27)28/h1-2,6-7H,3-5,8-9H2,(H,19,25)(H,20,26)(H,27,28). The zero-order valence-electron chi connectivity index (χ0n) is 14.4. The van der Waals surface area contributed by atoms with Crippen LogP contribution in [0.4, 0.5) is 13.2 Å². The Hall–Kier alpha value is -3.38. The highest BCUT2D eigenvalue weighted by molar-refractivity contribution is 5.85. The number of aromatic carboxylic acids is 1. The van der Waals surface area contributed by atoms with E-state index in [0.717, 1.165) is 16.9 Å². The summed E-state index contributed by atoms with van der Waals surface area (Å²) >= 11 is 0. The molecule has 152 valence electrons. The van der Waals surface area contributed by atoms with Crippen LogP contribution in [0.3, 0.4) is 0 Å². The molecule has 2 amide bonds. The molecule has 0 aliphatic carbocycles. The number of carbonyl (C=O) groups excluding carboxylic acids is 2. The molecule has 3 N–H and O–H groups in total. The van der Waals surface area contributed by atoms with Crippen molar-refractivity contribution < 1.29 is 32.7 Å². The number of halogens is 3. The lowest BCUT2D eigenvalue weighted by Gasteiger charge is -2.08. The number of rotatable bonds is 9. The molecule has 28 heavy (non-hydrogen) atoms. The number of alkyl halides is 3. The van der Waals surface area contributed by atoms with Gasteiger partial charge in [0.25, 0.3) is 0 Å². The number of carbonyl (C=O) groups is 3. The molecule has 0 saturated carbocycles. The van der Waals surface area contributed by atoms with E-state index in [1.807, 2.05) is 0 Å². The molecule has 2 aromatic heterocycles. The highest BCUT2D eigenvalue weighted by atomic mass is 19.4. The van der Waals surface area contributed by atoms with Crippen molar-refractivity contribution in [1.29, 1.82) is 0 Å². The van der Waals surface area contributed by atoms with Crippen molar-refractivity contribution >= 4 is 17.8 Å². The minimum Gasteiger partial charge on any atom is -0.476 e. The third-order valence-electron chi connectivity index (χ3n) is 3.43. The zero-order valence-corrected chi connectivity index (χ0v) is 14.4. The van der Waals surface area contributed by atoms with Gasteiger partial charge in [0.1, 0.15) is 6.54 Å². The van der Waals surface area contributed by atoms with Crippen LogP contribution in [-0.2, 0) is 28.9 Å². The third kappa shape index (κ3) is 6.41. The lowest BCUT2D eigenvalue weighted by atomic mass is 10.4. The van der Waals surface area contributed by atoms with E-state index in [1.54, 1.807) is 0 Å². The molecule has 2 heterocycles. The monoisotopic (exact) mass is 402 g/mol. The Balaban J connectivity index is 1.62. The Kier molecular flexibility index (Phi) is 6.74. The number of nitrogens with one attached hydrogen (secondary N) is 2. The van der Waals surface area contributed by atoms with Gasteiger partial charge in [-0.25, -0.2) is 4.79 Å². The number of hydrogen-bond donors (Lipinski definition) is 3. The van der Waals surface area contributed by atoms with Gasteiger partial charge in [-0.3, -0.25) is 19.0 Å². The van der Waals surface area contributed by atoms with Gasteiger partial charge in [-0.2, -0.15) is 23.4 Å². The SMILES string of the molecule is O=C(CCn1ccc(C(=O)O)n1)NCCNC(=O)Cn1ccc(C(F)(F)F)n1. The topological polar surface area (TPSA) is 131 Å². The number of carboxylic acids is 1. The first-order chi connectivity index (χ1) is 13.1. The normalized spacial score (nSPS) is 11.2. The second-order valence-electron chi connectivity index (χ2n) is 5.62. The number of aromatic nitrogens is 4. The smallest absolute Gasteiger partial charge is 0.435 e. The first-order valence-electron chi connectivity index (χ1n) is 8.06. The first kappa shape index (κ1) is 20.9. The maximum atomic E-state index is 12.4. The van der Waals surface area contributed by atoms with Crippen LogP contribution in [0.25, 0.3) is 0 Å². The maximum Gasteiger partial charge on any atom is 0.435 e. The largest absolute Gasteiger partial charge is 0.476 e. The second-order valence-corrected chi connectivity index (χ2v) is 5.62. The van der Waals surface area contributed by atoms with Crippen molar-refractivity contribution in [3.63, 3.8) is 0 Å². The molecule has 0 atom stereocenters.